The Labute approximate surface area is 361 Å². The van der Waals surface area contributed by atoms with E-state index in [1.165, 1.54) is 85.4 Å². The highest BCUT2D eigenvalue weighted by Crippen LogP contribution is 2.51. The van der Waals surface area contributed by atoms with Crippen LogP contribution in [-0.4, -0.2) is 14.5 Å². The molecule has 0 aliphatic carbocycles. The third kappa shape index (κ3) is 5.30. The summed E-state index contributed by atoms with van der Waals surface area (Å²) in [6, 6.07) is 76.5. The Bertz CT molecular complexity index is 3830. The molecule has 10 aromatic carbocycles. The van der Waals surface area contributed by atoms with Crippen molar-refractivity contribution in [2.45, 2.75) is 0 Å². The second kappa shape index (κ2) is 13.8. The van der Waals surface area contributed by atoms with E-state index < -0.39 is 0 Å². The van der Waals surface area contributed by atoms with E-state index >= 15 is 0 Å². The molecule has 0 N–H and O–H groups in total. The molecule has 0 radical (unpaired) electrons. The molecule has 0 aliphatic heterocycles. The lowest BCUT2D eigenvalue weighted by Gasteiger charge is -2.14. The summed E-state index contributed by atoms with van der Waals surface area (Å²) in [6.45, 7) is 0. The molecule has 0 bridgehead atoms. The molecular formula is C58H35N3S. The predicted molar refractivity (Wildman–Crippen MR) is 264 cm³/mol. The molecule has 13 aromatic rings. The zero-order valence-corrected chi connectivity index (χ0v) is 34.3. The van der Waals surface area contributed by atoms with Crippen LogP contribution in [0.4, 0.5) is 0 Å². The van der Waals surface area contributed by atoms with E-state index in [2.05, 4.69) is 205 Å². The van der Waals surface area contributed by atoms with Crippen molar-refractivity contribution < 1.29 is 0 Å². The number of benzene rings is 10. The van der Waals surface area contributed by atoms with E-state index in [1.54, 1.807) is 0 Å². The third-order valence-corrected chi connectivity index (χ3v) is 13.8. The summed E-state index contributed by atoms with van der Waals surface area (Å²) in [7, 11) is 0. The van der Waals surface area contributed by atoms with Crippen molar-refractivity contribution in [3.05, 3.63) is 212 Å². The zero-order chi connectivity index (χ0) is 40.7. The van der Waals surface area contributed by atoms with E-state index in [0.717, 1.165) is 33.8 Å². The second-order valence-electron chi connectivity index (χ2n) is 16.0. The maximum atomic E-state index is 5.18. The molecule has 3 nitrogen and oxygen atoms in total. The normalized spacial score (nSPS) is 11.9. The van der Waals surface area contributed by atoms with Gasteiger partial charge in [0.1, 0.15) is 0 Å². The lowest BCUT2D eigenvalue weighted by atomic mass is 9.94. The fourth-order valence-electron chi connectivity index (χ4n) is 9.79. The van der Waals surface area contributed by atoms with Crippen LogP contribution in [0.3, 0.4) is 0 Å². The summed E-state index contributed by atoms with van der Waals surface area (Å²) in [6.07, 6.45) is 0. The van der Waals surface area contributed by atoms with Gasteiger partial charge in [0.2, 0.25) is 0 Å². The lowest BCUT2D eigenvalue weighted by Crippen LogP contribution is -1.98. The quantitative estimate of drug-likeness (QED) is 0.162. The van der Waals surface area contributed by atoms with E-state index in [1.807, 2.05) is 23.5 Å². The van der Waals surface area contributed by atoms with Gasteiger partial charge in [-0.15, -0.1) is 11.3 Å². The fourth-order valence-corrected chi connectivity index (χ4v) is 11.0. The molecule has 13 rings (SSSR count). The van der Waals surface area contributed by atoms with Crippen molar-refractivity contribution in [2.24, 2.45) is 0 Å². The Balaban J connectivity index is 1.14. The summed E-state index contributed by atoms with van der Waals surface area (Å²) in [5, 5.41) is 12.7. The Hall–Kier alpha value is -7.92. The number of fused-ring (bicyclic) bond motifs is 15. The minimum absolute atomic E-state index is 0.696. The Morgan fingerprint density at radius 3 is 1.44 bits per heavy atom. The van der Waals surface area contributed by atoms with E-state index in [-0.39, 0.29) is 0 Å². The Kier molecular flexibility index (Phi) is 7.78. The number of nitrogens with zero attached hydrogens (tertiary/aromatic N) is 3. The standard InChI is InChI=1S/C58H35N3S/c1-4-16-36(17-5-1)40-30-33-51-48(34-40)53-54-52-44-24-12-10-22-42(44)43-23-11-13-25-45(43)55(52)61(56(54)46-26-14-15-27-47(46)57(53)62-51)41-31-28-39(29-32-41)58-59-49(37-18-6-2-7-19-37)35-50(60-58)38-20-8-3-9-21-38/h1-35H. The highest BCUT2D eigenvalue weighted by Gasteiger charge is 2.25. The first-order valence-corrected chi connectivity index (χ1v) is 21.9. The number of rotatable bonds is 5. The van der Waals surface area contributed by atoms with Crippen LogP contribution in [0.15, 0.2) is 212 Å². The molecule has 0 fully saturated rings. The van der Waals surface area contributed by atoms with Gasteiger partial charge in [0.15, 0.2) is 5.82 Å². The number of hydrogen-bond donors (Lipinski definition) is 0. The lowest BCUT2D eigenvalue weighted by molar-refractivity contribution is 1.17. The Morgan fingerprint density at radius 1 is 0.323 bits per heavy atom. The molecule has 0 unspecified atom stereocenters. The Morgan fingerprint density at radius 2 is 0.806 bits per heavy atom. The minimum atomic E-state index is 0.696. The maximum absolute atomic E-state index is 5.18. The van der Waals surface area contributed by atoms with Gasteiger partial charge in [0.05, 0.1) is 22.4 Å². The van der Waals surface area contributed by atoms with Crippen molar-refractivity contribution in [3.8, 4) is 50.7 Å². The summed E-state index contributed by atoms with van der Waals surface area (Å²) in [5.74, 6) is 0.696. The smallest absolute Gasteiger partial charge is 0.160 e. The average molecular weight is 806 g/mol. The monoisotopic (exact) mass is 805 g/mol. The highest BCUT2D eigenvalue weighted by atomic mass is 32.1. The van der Waals surface area contributed by atoms with Gasteiger partial charge >= 0.3 is 0 Å². The number of thiophene rings is 1. The molecular weight excluding hydrogens is 771 g/mol. The van der Waals surface area contributed by atoms with E-state index in [9.17, 15) is 0 Å². The van der Waals surface area contributed by atoms with Crippen LogP contribution < -0.4 is 0 Å². The highest BCUT2D eigenvalue weighted by molar-refractivity contribution is 7.27. The van der Waals surface area contributed by atoms with Gasteiger partial charge in [-0.25, -0.2) is 9.97 Å². The first kappa shape index (κ1) is 34.9. The van der Waals surface area contributed by atoms with Gasteiger partial charge in [-0.3, -0.25) is 0 Å². The fraction of sp³-hybridized carbons (Fsp3) is 0. The zero-order valence-electron chi connectivity index (χ0n) is 33.5. The summed E-state index contributed by atoms with van der Waals surface area (Å²) in [4.78, 5) is 10.4. The minimum Gasteiger partial charge on any atom is -0.308 e. The van der Waals surface area contributed by atoms with Crippen LogP contribution in [0, 0.1) is 0 Å². The van der Waals surface area contributed by atoms with Crippen LogP contribution >= 0.6 is 11.3 Å². The van der Waals surface area contributed by atoms with Gasteiger partial charge in [-0.1, -0.05) is 170 Å². The molecule has 0 saturated heterocycles. The predicted octanol–water partition coefficient (Wildman–Crippen LogP) is 16.1. The summed E-state index contributed by atoms with van der Waals surface area (Å²) in [5.41, 5.74) is 10.8. The topological polar surface area (TPSA) is 30.7 Å². The van der Waals surface area contributed by atoms with E-state index in [0.29, 0.717) is 5.82 Å². The molecule has 0 saturated carbocycles. The number of aromatic nitrogens is 3. The van der Waals surface area contributed by atoms with Gasteiger partial charge in [-0.05, 0) is 69.8 Å². The van der Waals surface area contributed by atoms with Gasteiger partial charge < -0.3 is 4.57 Å². The van der Waals surface area contributed by atoms with Gasteiger partial charge in [0, 0.05) is 69.5 Å². The molecule has 3 heterocycles. The van der Waals surface area contributed by atoms with Crippen molar-refractivity contribution in [1.82, 2.24) is 14.5 Å². The number of hydrogen-bond acceptors (Lipinski definition) is 3. The van der Waals surface area contributed by atoms with E-state index in [4.69, 9.17) is 9.97 Å². The summed E-state index contributed by atoms with van der Waals surface area (Å²) < 4.78 is 5.16. The molecule has 0 atom stereocenters. The van der Waals surface area contributed by atoms with Crippen molar-refractivity contribution in [2.75, 3.05) is 0 Å². The molecule has 62 heavy (non-hydrogen) atoms. The van der Waals surface area contributed by atoms with Crippen LogP contribution in [0.5, 0.6) is 0 Å². The molecule has 0 amide bonds. The molecule has 288 valence electrons. The molecule has 4 heteroatoms. The van der Waals surface area contributed by atoms with Gasteiger partial charge in [-0.2, -0.15) is 0 Å². The second-order valence-corrected chi connectivity index (χ2v) is 17.1. The van der Waals surface area contributed by atoms with Crippen molar-refractivity contribution >= 4 is 85.6 Å². The van der Waals surface area contributed by atoms with Crippen molar-refractivity contribution in [3.63, 3.8) is 0 Å². The van der Waals surface area contributed by atoms with Crippen LogP contribution in [0.25, 0.3) is 125 Å². The maximum Gasteiger partial charge on any atom is 0.160 e. The van der Waals surface area contributed by atoms with Gasteiger partial charge in [0.25, 0.3) is 0 Å². The SMILES string of the molecule is c1ccc(-c2ccc3sc4c5ccccc5c5c(c4c3c2)c2c3ccccc3c3ccccc3c2n5-c2ccc(-c3nc(-c4ccccc4)cc(-c4ccccc4)n3)cc2)cc1. The van der Waals surface area contributed by atoms with Crippen LogP contribution in [-0.2, 0) is 0 Å². The van der Waals surface area contributed by atoms with Crippen LogP contribution in [0.1, 0.15) is 0 Å². The molecule has 3 aromatic heterocycles. The summed E-state index contributed by atoms with van der Waals surface area (Å²) >= 11 is 1.91. The first-order valence-electron chi connectivity index (χ1n) is 21.1. The third-order valence-electron chi connectivity index (χ3n) is 12.6. The van der Waals surface area contributed by atoms with Crippen molar-refractivity contribution in [1.29, 1.82) is 0 Å². The largest absolute Gasteiger partial charge is 0.308 e. The molecule has 0 spiro atoms. The van der Waals surface area contributed by atoms with Crippen LogP contribution in [0.2, 0.25) is 0 Å². The molecule has 0 aliphatic rings. The average Bonchev–Trinajstić information content (AvgIpc) is 3.92. The first-order chi connectivity index (χ1) is 30.8.